The summed E-state index contributed by atoms with van der Waals surface area (Å²) in [6.07, 6.45) is 1.01. The lowest BCUT2D eigenvalue weighted by atomic mass is 10.0. The molecule has 3 N–H and O–H groups in total. The highest BCUT2D eigenvalue weighted by Crippen LogP contribution is 2.20. The molecular weight excluding hydrogens is 264 g/mol. The second-order valence-corrected chi connectivity index (χ2v) is 5.91. The minimum absolute atomic E-state index is 0.608. The van der Waals surface area contributed by atoms with Crippen molar-refractivity contribution in [1.82, 2.24) is 5.32 Å². The Morgan fingerprint density at radius 1 is 1.11 bits per heavy atom. The molecule has 1 aromatic carbocycles. The largest absolute Gasteiger partial charge is 0.326 e. The maximum Gasteiger partial charge on any atom is 0.0931 e. The molecule has 0 atom stereocenters. The number of thiophene rings is 1. The summed E-state index contributed by atoms with van der Waals surface area (Å²) in [4.78, 5) is 1.27. The highest BCUT2D eigenvalue weighted by atomic mass is 35.5. The van der Waals surface area contributed by atoms with E-state index in [9.17, 15) is 0 Å². The van der Waals surface area contributed by atoms with Crippen LogP contribution in [0.2, 0.25) is 4.34 Å². The van der Waals surface area contributed by atoms with Crippen molar-refractivity contribution < 1.29 is 0 Å². The molecule has 2 rings (SSSR count). The van der Waals surface area contributed by atoms with Gasteiger partial charge in [0.2, 0.25) is 0 Å². The van der Waals surface area contributed by atoms with Crippen molar-refractivity contribution in [3.05, 3.63) is 56.7 Å². The number of hydrogen-bond donors (Lipinski definition) is 2. The molecule has 1 heterocycles. The summed E-state index contributed by atoms with van der Waals surface area (Å²) in [5, 5.41) is 3.43. The van der Waals surface area contributed by atoms with Crippen LogP contribution < -0.4 is 11.1 Å². The van der Waals surface area contributed by atoms with E-state index in [0.29, 0.717) is 6.54 Å². The molecule has 0 fully saturated rings. The van der Waals surface area contributed by atoms with Gasteiger partial charge in [-0.3, -0.25) is 0 Å². The molecule has 2 aromatic rings. The van der Waals surface area contributed by atoms with Gasteiger partial charge >= 0.3 is 0 Å². The van der Waals surface area contributed by atoms with Crippen molar-refractivity contribution in [2.24, 2.45) is 5.73 Å². The molecule has 0 aliphatic rings. The Balaban J connectivity index is 1.78. The van der Waals surface area contributed by atoms with E-state index in [2.05, 4.69) is 29.6 Å². The van der Waals surface area contributed by atoms with Gasteiger partial charge in [0.15, 0.2) is 0 Å². The fourth-order valence-electron chi connectivity index (χ4n) is 1.88. The van der Waals surface area contributed by atoms with Crippen molar-refractivity contribution in [3.63, 3.8) is 0 Å². The number of nitrogens with one attached hydrogen (secondary N) is 1. The second-order valence-electron chi connectivity index (χ2n) is 4.11. The summed E-state index contributed by atoms with van der Waals surface area (Å²) in [5.74, 6) is 0. The maximum atomic E-state index is 5.89. The van der Waals surface area contributed by atoms with Crippen molar-refractivity contribution in [1.29, 1.82) is 0 Å². The SMILES string of the molecule is NCc1ccccc1CCNCc1ccc(Cl)s1. The van der Waals surface area contributed by atoms with Gasteiger partial charge < -0.3 is 11.1 Å². The van der Waals surface area contributed by atoms with E-state index in [-0.39, 0.29) is 0 Å². The molecule has 0 radical (unpaired) electrons. The van der Waals surface area contributed by atoms with Crippen LogP contribution in [-0.4, -0.2) is 6.54 Å². The molecule has 0 spiro atoms. The second kappa shape index (κ2) is 6.90. The summed E-state index contributed by atoms with van der Waals surface area (Å²) in [6, 6.07) is 12.3. The summed E-state index contributed by atoms with van der Waals surface area (Å²) >= 11 is 7.51. The summed E-state index contributed by atoms with van der Waals surface area (Å²) in [5.41, 5.74) is 8.28. The van der Waals surface area contributed by atoms with E-state index in [1.165, 1.54) is 16.0 Å². The first-order chi connectivity index (χ1) is 8.79. The minimum Gasteiger partial charge on any atom is -0.326 e. The van der Waals surface area contributed by atoms with E-state index in [4.69, 9.17) is 17.3 Å². The fraction of sp³-hybridized carbons (Fsp3) is 0.286. The predicted molar refractivity (Wildman–Crippen MR) is 79.1 cm³/mol. The summed E-state index contributed by atoms with van der Waals surface area (Å²) < 4.78 is 0.847. The van der Waals surface area contributed by atoms with Gasteiger partial charge in [0.1, 0.15) is 0 Å². The van der Waals surface area contributed by atoms with Crippen LogP contribution >= 0.6 is 22.9 Å². The van der Waals surface area contributed by atoms with Gasteiger partial charge in [-0.05, 0) is 36.2 Å². The quantitative estimate of drug-likeness (QED) is 0.798. The minimum atomic E-state index is 0.608. The molecular formula is C14H17ClN2S. The predicted octanol–water partition coefficient (Wildman–Crippen LogP) is 3.19. The third kappa shape index (κ3) is 3.82. The van der Waals surface area contributed by atoms with Gasteiger partial charge in [-0.15, -0.1) is 11.3 Å². The number of hydrogen-bond acceptors (Lipinski definition) is 3. The molecule has 0 aliphatic carbocycles. The van der Waals surface area contributed by atoms with Crippen LogP contribution in [-0.2, 0) is 19.5 Å². The van der Waals surface area contributed by atoms with Gasteiger partial charge in [-0.2, -0.15) is 0 Å². The molecule has 0 bridgehead atoms. The van der Waals surface area contributed by atoms with Gasteiger partial charge in [0, 0.05) is 18.0 Å². The van der Waals surface area contributed by atoms with Crippen LogP contribution in [0.1, 0.15) is 16.0 Å². The Morgan fingerprint density at radius 3 is 2.56 bits per heavy atom. The average molecular weight is 281 g/mol. The first-order valence-electron chi connectivity index (χ1n) is 6.01. The molecule has 1 aromatic heterocycles. The number of benzene rings is 1. The highest BCUT2D eigenvalue weighted by Gasteiger charge is 2.00. The van der Waals surface area contributed by atoms with E-state index in [1.54, 1.807) is 11.3 Å². The van der Waals surface area contributed by atoms with Crippen LogP contribution in [0.3, 0.4) is 0 Å². The third-order valence-corrected chi connectivity index (χ3v) is 4.07. The van der Waals surface area contributed by atoms with Crippen molar-refractivity contribution in [2.45, 2.75) is 19.5 Å². The Kier molecular flexibility index (Phi) is 5.20. The zero-order chi connectivity index (χ0) is 12.8. The van der Waals surface area contributed by atoms with E-state index < -0.39 is 0 Å². The zero-order valence-electron chi connectivity index (χ0n) is 10.2. The lowest BCUT2D eigenvalue weighted by Crippen LogP contribution is -2.17. The van der Waals surface area contributed by atoms with Gasteiger partial charge in [0.25, 0.3) is 0 Å². The Hall–Kier alpha value is -0.870. The number of rotatable bonds is 6. The lowest BCUT2D eigenvalue weighted by molar-refractivity contribution is 0.690. The molecule has 0 aliphatic heterocycles. The van der Waals surface area contributed by atoms with E-state index >= 15 is 0 Å². The topological polar surface area (TPSA) is 38.0 Å². The van der Waals surface area contributed by atoms with Gasteiger partial charge in [-0.25, -0.2) is 0 Å². The van der Waals surface area contributed by atoms with Crippen LogP contribution in [0.5, 0.6) is 0 Å². The first kappa shape index (κ1) is 13.6. The smallest absolute Gasteiger partial charge is 0.0931 e. The Labute approximate surface area is 117 Å². The average Bonchev–Trinajstić information content (AvgIpc) is 2.81. The van der Waals surface area contributed by atoms with E-state index in [0.717, 1.165) is 23.8 Å². The van der Waals surface area contributed by atoms with Crippen LogP contribution in [0.25, 0.3) is 0 Å². The van der Waals surface area contributed by atoms with E-state index in [1.807, 2.05) is 12.1 Å². The standard InChI is InChI=1S/C14H17ClN2S/c15-14-6-5-13(18-14)10-17-8-7-11-3-1-2-4-12(11)9-16/h1-6,17H,7-10,16H2. The summed E-state index contributed by atoms with van der Waals surface area (Å²) in [6.45, 7) is 2.44. The molecule has 0 saturated carbocycles. The highest BCUT2D eigenvalue weighted by molar-refractivity contribution is 7.16. The molecule has 0 unspecified atom stereocenters. The van der Waals surface area contributed by atoms with Crippen molar-refractivity contribution in [2.75, 3.05) is 6.54 Å². The van der Waals surface area contributed by atoms with Crippen LogP contribution in [0.15, 0.2) is 36.4 Å². The molecule has 18 heavy (non-hydrogen) atoms. The fourth-order valence-corrected chi connectivity index (χ4v) is 2.94. The lowest BCUT2D eigenvalue weighted by Gasteiger charge is -2.08. The van der Waals surface area contributed by atoms with Crippen molar-refractivity contribution >= 4 is 22.9 Å². The molecule has 2 nitrogen and oxygen atoms in total. The molecule has 4 heteroatoms. The normalized spacial score (nSPS) is 10.8. The third-order valence-electron chi connectivity index (χ3n) is 2.84. The van der Waals surface area contributed by atoms with Crippen molar-refractivity contribution in [3.8, 4) is 0 Å². The summed E-state index contributed by atoms with van der Waals surface area (Å²) in [7, 11) is 0. The monoisotopic (exact) mass is 280 g/mol. The Morgan fingerprint density at radius 2 is 1.89 bits per heavy atom. The van der Waals surface area contributed by atoms with Crippen LogP contribution in [0.4, 0.5) is 0 Å². The Bertz CT molecular complexity index is 496. The molecule has 0 saturated heterocycles. The van der Waals surface area contributed by atoms with Crippen LogP contribution in [0, 0.1) is 0 Å². The number of halogens is 1. The molecule has 96 valence electrons. The molecule has 0 amide bonds. The van der Waals surface area contributed by atoms with Gasteiger partial charge in [0.05, 0.1) is 4.34 Å². The number of nitrogens with two attached hydrogens (primary N) is 1. The first-order valence-corrected chi connectivity index (χ1v) is 7.21. The maximum absolute atomic E-state index is 5.89. The zero-order valence-corrected chi connectivity index (χ0v) is 11.7. The van der Waals surface area contributed by atoms with Gasteiger partial charge in [-0.1, -0.05) is 35.9 Å².